The second-order valence-corrected chi connectivity index (χ2v) is 7.58. The van der Waals surface area contributed by atoms with Crippen LogP contribution in [-0.2, 0) is 6.42 Å². The van der Waals surface area contributed by atoms with Crippen LogP contribution in [0.1, 0.15) is 34.0 Å². The Balaban J connectivity index is 1.58. The summed E-state index contributed by atoms with van der Waals surface area (Å²) in [5.74, 6) is 1.34. The number of carbonyl (C=O) groups excluding carboxylic acids is 1. The molecular formula is C25H26ClN3O4. The van der Waals surface area contributed by atoms with Gasteiger partial charge in [-0.1, -0.05) is 24.6 Å². The lowest BCUT2D eigenvalue weighted by molar-refractivity contribution is 0.0955. The van der Waals surface area contributed by atoms with Gasteiger partial charge < -0.3 is 14.2 Å². The van der Waals surface area contributed by atoms with Crippen molar-refractivity contribution in [3.05, 3.63) is 82.1 Å². The third-order valence-corrected chi connectivity index (χ3v) is 4.97. The topological polar surface area (TPSA) is 82.0 Å². The standard InChI is InChI=1S/C25H26ClN3O4/c1-4-18-11-17(2)12-21(13-18)32-9-10-33-24-22(26)14-19(15-23(24)31-3)16-28-29-25(30)20-5-7-27-8-6-20/h5-8,11-16H,4,9-10H2,1-3H3,(H,29,30)/b28-16-. The fraction of sp³-hybridized carbons (Fsp3) is 0.240. The van der Waals surface area contributed by atoms with Crippen LogP contribution in [0.3, 0.4) is 0 Å². The maximum Gasteiger partial charge on any atom is 0.271 e. The summed E-state index contributed by atoms with van der Waals surface area (Å²) < 4.78 is 17.1. The Labute approximate surface area is 198 Å². The predicted octanol–water partition coefficient (Wildman–Crippen LogP) is 4.84. The van der Waals surface area contributed by atoms with Gasteiger partial charge >= 0.3 is 0 Å². The molecule has 1 heterocycles. The Morgan fingerprint density at radius 3 is 2.61 bits per heavy atom. The van der Waals surface area contributed by atoms with Crippen molar-refractivity contribution in [2.45, 2.75) is 20.3 Å². The van der Waals surface area contributed by atoms with Crippen molar-refractivity contribution in [1.29, 1.82) is 0 Å². The van der Waals surface area contributed by atoms with Crippen molar-refractivity contribution in [3.8, 4) is 17.2 Å². The number of halogens is 1. The lowest BCUT2D eigenvalue weighted by Crippen LogP contribution is -2.17. The number of benzene rings is 2. The monoisotopic (exact) mass is 467 g/mol. The van der Waals surface area contributed by atoms with Gasteiger partial charge in [-0.25, -0.2) is 5.43 Å². The molecule has 3 rings (SSSR count). The Kier molecular flexibility index (Phi) is 8.66. The van der Waals surface area contributed by atoms with E-state index in [4.69, 9.17) is 25.8 Å². The highest BCUT2D eigenvalue weighted by molar-refractivity contribution is 6.32. The van der Waals surface area contributed by atoms with E-state index < -0.39 is 0 Å². The number of carbonyl (C=O) groups is 1. The number of aromatic nitrogens is 1. The third-order valence-electron chi connectivity index (χ3n) is 4.69. The number of aryl methyl sites for hydroxylation is 2. The van der Waals surface area contributed by atoms with Gasteiger partial charge in [-0.2, -0.15) is 5.10 Å². The van der Waals surface area contributed by atoms with E-state index in [0.717, 1.165) is 17.7 Å². The molecule has 0 fully saturated rings. The molecule has 0 spiro atoms. The molecule has 1 amide bonds. The highest BCUT2D eigenvalue weighted by Crippen LogP contribution is 2.36. The van der Waals surface area contributed by atoms with Crippen molar-refractivity contribution in [3.63, 3.8) is 0 Å². The molecule has 0 aliphatic rings. The van der Waals surface area contributed by atoms with Gasteiger partial charge in [-0.15, -0.1) is 0 Å². The summed E-state index contributed by atoms with van der Waals surface area (Å²) in [6.45, 7) is 4.80. The highest BCUT2D eigenvalue weighted by Gasteiger charge is 2.12. The minimum absolute atomic E-state index is 0.293. The molecule has 0 aliphatic carbocycles. The summed E-state index contributed by atoms with van der Waals surface area (Å²) in [5.41, 5.74) is 5.94. The van der Waals surface area contributed by atoms with E-state index in [2.05, 4.69) is 28.5 Å². The van der Waals surface area contributed by atoms with Crippen LogP contribution in [-0.4, -0.2) is 37.4 Å². The molecule has 1 N–H and O–H groups in total. The number of hydrogen-bond acceptors (Lipinski definition) is 6. The van der Waals surface area contributed by atoms with Crippen LogP contribution in [0.15, 0.2) is 60.0 Å². The van der Waals surface area contributed by atoms with E-state index in [9.17, 15) is 4.79 Å². The summed E-state index contributed by atoms with van der Waals surface area (Å²) in [7, 11) is 1.53. The maximum atomic E-state index is 12.0. The Hall–Kier alpha value is -3.58. The second kappa shape index (κ2) is 11.9. The largest absolute Gasteiger partial charge is 0.493 e. The normalized spacial score (nSPS) is 10.8. The number of nitrogens with one attached hydrogen (secondary N) is 1. The number of hydrogen-bond donors (Lipinski definition) is 1. The predicted molar refractivity (Wildman–Crippen MR) is 129 cm³/mol. The van der Waals surface area contributed by atoms with E-state index in [1.165, 1.54) is 31.3 Å². The van der Waals surface area contributed by atoms with Gasteiger partial charge in [0.2, 0.25) is 0 Å². The number of rotatable bonds is 10. The number of hydrazone groups is 1. The molecular weight excluding hydrogens is 442 g/mol. The van der Waals surface area contributed by atoms with Gasteiger partial charge in [0.1, 0.15) is 19.0 Å². The molecule has 172 valence electrons. The molecule has 3 aromatic rings. The van der Waals surface area contributed by atoms with Gasteiger partial charge in [-0.3, -0.25) is 9.78 Å². The third kappa shape index (κ3) is 6.95. The van der Waals surface area contributed by atoms with Crippen LogP contribution in [0.2, 0.25) is 5.02 Å². The molecule has 0 saturated heterocycles. The number of amides is 1. The molecule has 2 aromatic carbocycles. The minimum Gasteiger partial charge on any atom is -0.493 e. The molecule has 0 aliphatic heterocycles. The Morgan fingerprint density at radius 2 is 1.88 bits per heavy atom. The van der Waals surface area contributed by atoms with Gasteiger partial charge in [0.25, 0.3) is 5.91 Å². The molecule has 7 nitrogen and oxygen atoms in total. The van der Waals surface area contributed by atoms with Gasteiger partial charge in [0.05, 0.1) is 18.3 Å². The first-order chi connectivity index (χ1) is 16.0. The van der Waals surface area contributed by atoms with Crippen LogP contribution in [0.5, 0.6) is 17.2 Å². The smallest absolute Gasteiger partial charge is 0.271 e. The molecule has 0 radical (unpaired) electrons. The van der Waals surface area contributed by atoms with Crippen molar-refractivity contribution >= 4 is 23.7 Å². The second-order valence-electron chi connectivity index (χ2n) is 7.17. The number of ether oxygens (including phenoxy) is 3. The zero-order valence-electron chi connectivity index (χ0n) is 18.8. The maximum absolute atomic E-state index is 12.0. The summed E-state index contributed by atoms with van der Waals surface area (Å²) >= 11 is 6.41. The molecule has 0 bridgehead atoms. The molecule has 8 heteroatoms. The zero-order chi connectivity index (χ0) is 23.6. The van der Waals surface area contributed by atoms with E-state index in [0.29, 0.717) is 40.9 Å². The van der Waals surface area contributed by atoms with Gasteiger partial charge in [0, 0.05) is 18.0 Å². The van der Waals surface area contributed by atoms with Crippen molar-refractivity contribution in [2.24, 2.45) is 5.10 Å². The quantitative estimate of drug-likeness (QED) is 0.262. The molecule has 0 atom stereocenters. The van der Waals surface area contributed by atoms with Crippen LogP contribution in [0, 0.1) is 6.92 Å². The number of pyridine rings is 1. The molecule has 1 aromatic heterocycles. The number of methoxy groups -OCH3 is 1. The summed E-state index contributed by atoms with van der Waals surface area (Å²) in [4.78, 5) is 15.9. The van der Waals surface area contributed by atoms with Crippen molar-refractivity contribution in [2.75, 3.05) is 20.3 Å². The van der Waals surface area contributed by atoms with E-state index >= 15 is 0 Å². The van der Waals surface area contributed by atoms with Crippen LogP contribution >= 0.6 is 11.6 Å². The van der Waals surface area contributed by atoms with Gasteiger partial charge in [0.15, 0.2) is 11.5 Å². The van der Waals surface area contributed by atoms with E-state index in [1.807, 2.05) is 19.1 Å². The van der Waals surface area contributed by atoms with Crippen molar-refractivity contribution < 1.29 is 19.0 Å². The molecule has 0 saturated carbocycles. The summed E-state index contributed by atoms with van der Waals surface area (Å²) in [6.07, 6.45) is 5.50. The SMILES string of the molecule is CCc1cc(C)cc(OCCOc2c(Cl)cc(/C=N\NC(=O)c3ccncc3)cc2OC)c1. The minimum atomic E-state index is -0.341. The fourth-order valence-corrected chi connectivity index (χ4v) is 3.38. The molecule has 33 heavy (non-hydrogen) atoms. The van der Waals surface area contributed by atoms with Crippen molar-refractivity contribution in [1.82, 2.24) is 10.4 Å². The van der Waals surface area contributed by atoms with Crippen LogP contribution in [0.4, 0.5) is 0 Å². The highest BCUT2D eigenvalue weighted by atomic mass is 35.5. The Morgan fingerprint density at radius 1 is 1.12 bits per heavy atom. The zero-order valence-corrected chi connectivity index (χ0v) is 19.6. The first-order valence-corrected chi connectivity index (χ1v) is 10.8. The average Bonchev–Trinajstić information content (AvgIpc) is 2.82. The van der Waals surface area contributed by atoms with Crippen LogP contribution in [0.25, 0.3) is 0 Å². The summed E-state index contributed by atoms with van der Waals surface area (Å²) in [5, 5.41) is 4.34. The van der Waals surface area contributed by atoms with Crippen LogP contribution < -0.4 is 19.6 Å². The fourth-order valence-electron chi connectivity index (χ4n) is 3.10. The summed E-state index contributed by atoms with van der Waals surface area (Å²) in [6, 6.07) is 12.8. The molecule has 0 unspecified atom stereocenters. The van der Waals surface area contributed by atoms with Gasteiger partial charge in [-0.05, 0) is 66.4 Å². The lowest BCUT2D eigenvalue weighted by Gasteiger charge is -2.14. The first kappa shape index (κ1) is 24.1. The Bertz CT molecular complexity index is 1120. The first-order valence-electron chi connectivity index (χ1n) is 10.5. The van der Waals surface area contributed by atoms with E-state index in [-0.39, 0.29) is 5.91 Å². The van der Waals surface area contributed by atoms with E-state index in [1.54, 1.807) is 24.3 Å². The lowest BCUT2D eigenvalue weighted by atomic mass is 10.1. The average molecular weight is 468 g/mol. The number of nitrogens with zero attached hydrogens (tertiary/aromatic N) is 2.